The van der Waals surface area contributed by atoms with Crippen molar-refractivity contribution in [2.75, 3.05) is 32.2 Å². The number of nitrogens with zero attached hydrogens (tertiary/aromatic N) is 4. The van der Waals surface area contributed by atoms with Gasteiger partial charge in [0.2, 0.25) is 5.95 Å². The van der Waals surface area contributed by atoms with Crippen molar-refractivity contribution < 1.29 is 14.3 Å². The summed E-state index contributed by atoms with van der Waals surface area (Å²) in [7, 11) is 5.18. The molecule has 4 rings (SSSR count). The molecule has 1 aliphatic rings. The Labute approximate surface area is 189 Å². The smallest absolute Gasteiger partial charge is 0.341 e. The SMILES string of the molecule is COC(=O)c1cnc(N2CCC(CCCCc3cn(C)c4cc(OC)ccc34)CC2)nc1. The number of hydrogen-bond acceptors (Lipinski definition) is 6. The van der Waals surface area contributed by atoms with Crippen molar-refractivity contribution in [1.82, 2.24) is 14.5 Å². The Morgan fingerprint density at radius 2 is 1.88 bits per heavy atom. The molecule has 0 aliphatic carbocycles. The fourth-order valence-corrected chi connectivity index (χ4v) is 4.65. The van der Waals surface area contributed by atoms with Crippen LogP contribution in [0.2, 0.25) is 0 Å². The Balaban J connectivity index is 1.22. The lowest BCUT2D eigenvalue weighted by Crippen LogP contribution is -2.34. The molecule has 32 heavy (non-hydrogen) atoms. The van der Waals surface area contributed by atoms with Crippen molar-refractivity contribution >= 4 is 22.8 Å². The molecule has 1 aromatic carbocycles. The van der Waals surface area contributed by atoms with Crippen LogP contribution in [0, 0.1) is 5.92 Å². The van der Waals surface area contributed by atoms with Crippen LogP contribution in [0.15, 0.2) is 36.8 Å². The Kier molecular flexibility index (Phi) is 6.93. The van der Waals surface area contributed by atoms with Gasteiger partial charge in [-0.2, -0.15) is 0 Å². The van der Waals surface area contributed by atoms with Gasteiger partial charge in [-0.15, -0.1) is 0 Å². The van der Waals surface area contributed by atoms with E-state index in [9.17, 15) is 4.79 Å². The third kappa shape index (κ3) is 4.87. The summed E-state index contributed by atoms with van der Waals surface area (Å²) in [4.78, 5) is 22.4. The van der Waals surface area contributed by atoms with Gasteiger partial charge in [0.25, 0.3) is 0 Å². The summed E-state index contributed by atoms with van der Waals surface area (Å²) < 4.78 is 12.3. The number of hydrogen-bond donors (Lipinski definition) is 0. The molecule has 1 fully saturated rings. The van der Waals surface area contributed by atoms with Crippen molar-refractivity contribution in [2.45, 2.75) is 38.5 Å². The minimum absolute atomic E-state index is 0.386. The van der Waals surface area contributed by atoms with Gasteiger partial charge < -0.3 is 18.9 Å². The molecule has 7 heteroatoms. The van der Waals surface area contributed by atoms with Crippen LogP contribution in [-0.4, -0.2) is 47.8 Å². The van der Waals surface area contributed by atoms with E-state index in [1.807, 2.05) is 6.07 Å². The molecule has 7 nitrogen and oxygen atoms in total. The van der Waals surface area contributed by atoms with Gasteiger partial charge in [-0.3, -0.25) is 0 Å². The second-order valence-electron chi connectivity index (χ2n) is 8.59. The van der Waals surface area contributed by atoms with Crippen LogP contribution in [0.5, 0.6) is 5.75 Å². The molecule has 0 radical (unpaired) electrons. The van der Waals surface area contributed by atoms with Gasteiger partial charge in [0.05, 0.1) is 25.3 Å². The zero-order chi connectivity index (χ0) is 22.5. The quantitative estimate of drug-likeness (QED) is 0.385. The third-order valence-corrected chi connectivity index (χ3v) is 6.55. The maximum Gasteiger partial charge on any atom is 0.341 e. The van der Waals surface area contributed by atoms with E-state index in [1.165, 1.54) is 42.8 Å². The number of anilines is 1. The van der Waals surface area contributed by atoms with E-state index < -0.39 is 5.97 Å². The summed E-state index contributed by atoms with van der Waals surface area (Å²) in [5, 5.41) is 1.33. The van der Waals surface area contributed by atoms with Crippen molar-refractivity contribution in [3.05, 3.63) is 47.9 Å². The lowest BCUT2D eigenvalue weighted by molar-refractivity contribution is 0.0599. The summed E-state index contributed by atoms with van der Waals surface area (Å²) in [5.41, 5.74) is 3.04. The van der Waals surface area contributed by atoms with E-state index >= 15 is 0 Å². The highest BCUT2D eigenvalue weighted by Gasteiger charge is 2.21. The lowest BCUT2D eigenvalue weighted by Gasteiger charge is -2.32. The van der Waals surface area contributed by atoms with Gasteiger partial charge >= 0.3 is 5.97 Å². The van der Waals surface area contributed by atoms with E-state index in [0.29, 0.717) is 11.5 Å². The molecule has 0 N–H and O–H groups in total. The molecule has 3 heterocycles. The Morgan fingerprint density at radius 1 is 1.12 bits per heavy atom. The Hall–Kier alpha value is -3.09. The number of methoxy groups -OCH3 is 2. The molecule has 0 unspecified atom stereocenters. The largest absolute Gasteiger partial charge is 0.497 e. The maximum absolute atomic E-state index is 11.5. The van der Waals surface area contributed by atoms with Crippen molar-refractivity contribution in [1.29, 1.82) is 0 Å². The number of aryl methyl sites for hydroxylation is 2. The van der Waals surface area contributed by atoms with Crippen molar-refractivity contribution in [3.8, 4) is 5.75 Å². The van der Waals surface area contributed by atoms with Gasteiger partial charge in [-0.1, -0.05) is 12.8 Å². The second-order valence-corrected chi connectivity index (χ2v) is 8.59. The maximum atomic E-state index is 11.5. The van der Waals surface area contributed by atoms with Crippen LogP contribution in [0.3, 0.4) is 0 Å². The monoisotopic (exact) mass is 436 g/mol. The fourth-order valence-electron chi connectivity index (χ4n) is 4.65. The summed E-state index contributed by atoms with van der Waals surface area (Å²) in [5.74, 6) is 1.96. The van der Waals surface area contributed by atoms with Crippen LogP contribution in [-0.2, 0) is 18.2 Å². The standard InChI is InChI=1S/C25H32N4O3/c1-28-17-19(22-9-8-21(31-2)14-23(22)28)7-5-4-6-18-10-12-29(13-11-18)25-26-15-20(16-27-25)24(30)32-3/h8-9,14-18H,4-7,10-13H2,1-3H3. The number of unbranched alkanes of at least 4 members (excludes halogenated alkanes) is 1. The molecule has 2 aromatic heterocycles. The predicted molar refractivity (Wildman–Crippen MR) is 125 cm³/mol. The first kappa shape index (κ1) is 22.1. The fraction of sp³-hybridized carbons (Fsp3) is 0.480. The number of ether oxygens (including phenoxy) is 2. The number of aromatic nitrogens is 3. The number of rotatable bonds is 8. The van der Waals surface area contributed by atoms with Crippen LogP contribution < -0.4 is 9.64 Å². The number of benzene rings is 1. The highest BCUT2D eigenvalue weighted by Crippen LogP contribution is 2.28. The van der Waals surface area contributed by atoms with Crippen LogP contribution in [0.4, 0.5) is 5.95 Å². The van der Waals surface area contributed by atoms with Gasteiger partial charge in [0, 0.05) is 50.2 Å². The number of carbonyl (C=O) groups is 1. The average molecular weight is 437 g/mol. The lowest BCUT2D eigenvalue weighted by atomic mass is 9.91. The number of carbonyl (C=O) groups excluding carboxylic acids is 1. The average Bonchev–Trinajstić information content (AvgIpc) is 3.16. The van der Waals surface area contributed by atoms with E-state index in [0.717, 1.165) is 44.0 Å². The molecule has 0 amide bonds. The van der Waals surface area contributed by atoms with E-state index in [4.69, 9.17) is 9.47 Å². The van der Waals surface area contributed by atoms with Crippen LogP contribution >= 0.6 is 0 Å². The van der Waals surface area contributed by atoms with E-state index in [1.54, 1.807) is 19.5 Å². The molecule has 0 atom stereocenters. The van der Waals surface area contributed by atoms with E-state index in [2.05, 4.69) is 44.8 Å². The molecule has 1 aliphatic heterocycles. The Morgan fingerprint density at radius 3 is 2.56 bits per heavy atom. The molecule has 1 saturated heterocycles. The predicted octanol–water partition coefficient (Wildman–Crippen LogP) is 4.39. The topological polar surface area (TPSA) is 69.5 Å². The van der Waals surface area contributed by atoms with Crippen molar-refractivity contribution in [3.63, 3.8) is 0 Å². The second kappa shape index (κ2) is 10.0. The summed E-state index contributed by atoms with van der Waals surface area (Å²) >= 11 is 0. The van der Waals surface area contributed by atoms with Crippen molar-refractivity contribution in [2.24, 2.45) is 13.0 Å². The highest BCUT2D eigenvalue weighted by atomic mass is 16.5. The van der Waals surface area contributed by atoms with Gasteiger partial charge in [-0.05, 0) is 49.3 Å². The van der Waals surface area contributed by atoms with E-state index in [-0.39, 0.29) is 0 Å². The minimum atomic E-state index is -0.404. The summed E-state index contributed by atoms with van der Waals surface area (Å²) in [6, 6.07) is 6.34. The zero-order valence-corrected chi connectivity index (χ0v) is 19.2. The minimum Gasteiger partial charge on any atom is -0.497 e. The molecule has 170 valence electrons. The Bertz CT molecular complexity index is 1050. The summed E-state index contributed by atoms with van der Waals surface area (Å²) in [6.07, 6.45) is 12.5. The normalized spacial score (nSPS) is 14.7. The molecular formula is C25H32N4O3. The molecule has 0 bridgehead atoms. The van der Waals surface area contributed by atoms with Crippen LogP contribution in [0.1, 0.15) is 48.0 Å². The first-order chi connectivity index (χ1) is 15.6. The number of esters is 1. The third-order valence-electron chi connectivity index (χ3n) is 6.55. The molecular weight excluding hydrogens is 404 g/mol. The molecule has 3 aromatic rings. The zero-order valence-electron chi connectivity index (χ0n) is 19.2. The number of piperidine rings is 1. The first-order valence-corrected chi connectivity index (χ1v) is 11.4. The molecule has 0 saturated carbocycles. The number of fused-ring (bicyclic) bond motifs is 1. The first-order valence-electron chi connectivity index (χ1n) is 11.4. The van der Waals surface area contributed by atoms with Gasteiger partial charge in [0.15, 0.2) is 0 Å². The van der Waals surface area contributed by atoms with Gasteiger partial charge in [-0.25, -0.2) is 14.8 Å². The summed E-state index contributed by atoms with van der Waals surface area (Å²) in [6.45, 7) is 1.93. The van der Waals surface area contributed by atoms with Gasteiger partial charge in [0.1, 0.15) is 5.75 Å². The van der Waals surface area contributed by atoms with Crippen LogP contribution in [0.25, 0.3) is 10.9 Å². The molecule has 0 spiro atoms. The highest BCUT2D eigenvalue weighted by molar-refractivity contribution is 5.88.